The third-order valence-electron chi connectivity index (χ3n) is 3.50. The summed E-state index contributed by atoms with van der Waals surface area (Å²) in [5.41, 5.74) is -0.0243. The molecule has 0 radical (unpaired) electrons. The molecule has 0 bridgehead atoms. The Bertz CT molecular complexity index is 1020. The highest BCUT2D eigenvalue weighted by Gasteiger charge is 2.19. The number of benzene rings is 2. The summed E-state index contributed by atoms with van der Waals surface area (Å²) < 4.78 is 16.3. The van der Waals surface area contributed by atoms with E-state index in [-0.39, 0.29) is 11.3 Å². The SMILES string of the molecule is CCn1c(=NC(=O)c2ccccc2[N+](=O)[O-])sc2cccc(F)c21. The minimum Gasteiger partial charge on any atom is -0.314 e. The van der Waals surface area contributed by atoms with Gasteiger partial charge >= 0.3 is 0 Å². The maximum Gasteiger partial charge on any atom is 0.286 e. The average molecular weight is 345 g/mol. The lowest BCUT2D eigenvalue weighted by Gasteiger charge is -2.01. The smallest absolute Gasteiger partial charge is 0.286 e. The van der Waals surface area contributed by atoms with Gasteiger partial charge in [0.05, 0.1) is 15.1 Å². The lowest BCUT2D eigenvalue weighted by Crippen LogP contribution is -2.16. The van der Waals surface area contributed by atoms with Gasteiger partial charge in [-0.1, -0.05) is 29.5 Å². The quantitative estimate of drug-likeness (QED) is 0.538. The first-order valence-corrected chi connectivity index (χ1v) is 7.95. The van der Waals surface area contributed by atoms with E-state index in [0.29, 0.717) is 21.6 Å². The number of rotatable bonds is 3. The second kappa shape index (κ2) is 6.32. The van der Waals surface area contributed by atoms with E-state index in [1.165, 1.54) is 41.7 Å². The van der Waals surface area contributed by atoms with Gasteiger partial charge in [-0.05, 0) is 25.1 Å². The minimum absolute atomic E-state index is 0.0944. The Morgan fingerprint density at radius 3 is 2.75 bits per heavy atom. The number of amides is 1. The van der Waals surface area contributed by atoms with Gasteiger partial charge in [0.1, 0.15) is 11.4 Å². The van der Waals surface area contributed by atoms with E-state index in [4.69, 9.17) is 0 Å². The highest BCUT2D eigenvalue weighted by Crippen LogP contribution is 2.21. The molecule has 0 atom stereocenters. The first-order valence-electron chi connectivity index (χ1n) is 7.13. The maximum absolute atomic E-state index is 14.0. The van der Waals surface area contributed by atoms with Gasteiger partial charge in [0.2, 0.25) is 0 Å². The highest BCUT2D eigenvalue weighted by molar-refractivity contribution is 7.16. The molecule has 1 heterocycles. The molecule has 8 heteroatoms. The van der Waals surface area contributed by atoms with E-state index in [1.54, 1.807) is 16.7 Å². The van der Waals surface area contributed by atoms with Gasteiger partial charge in [0.25, 0.3) is 11.6 Å². The lowest BCUT2D eigenvalue weighted by atomic mass is 10.2. The predicted octanol–water partition coefficient (Wildman–Crippen LogP) is 3.51. The van der Waals surface area contributed by atoms with Gasteiger partial charge in [-0.15, -0.1) is 0 Å². The van der Waals surface area contributed by atoms with Gasteiger partial charge in [-0.25, -0.2) is 4.39 Å². The summed E-state index contributed by atoms with van der Waals surface area (Å²) in [6, 6.07) is 10.3. The van der Waals surface area contributed by atoms with E-state index >= 15 is 0 Å². The predicted molar refractivity (Wildman–Crippen MR) is 88.4 cm³/mol. The van der Waals surface area contributed by atoms with Gasteiger partial charge in [-0.2, -0.15) is 4.99 Å². The van der Waals surface area contributed by atoms with Crippen molar-refractivity contribution in [2.24, 2.45) is 4.99 Å². The largest absolute Gasteiger partial charge is 0.314 e. The monoisotopic (exact) mass is 345 g/mol. The molecule has 6 nitrogen and oxygen atoms in total. The summed E-state index contributed by atoms with van der Waals surface area (Å²) in [7, 11) is 0. The molecule has 2 aromatic carbocycles. The van der Waals surface area contributed by atoms with Crippen LogP contribution >= 0.6 is 11.3 Å². The molecule has 0 saturated heterocycles. The van der Waals surface area contributed by atoms with E-state index in [1.807, 2.05) is 6.92 Å². The third kappa shape index (κ3) is 2.71. The number of carbonyl (C=O) groups is 1. The highest BCUT2D eigenvalue weighted by atomic mass is 32.1. The summed E-state index contributed by atoms with van der Waals surface area (Å²) in [6.45, 7) is 2.23. The molecule has 1 amide bonds. The van der Waals surface area contributed by atoms with Crippen LogP contribution in [0, 0.1) is 15.9 Å². The van der Waals surface area contributed by atoms with E-state index in [0.717, 1.165) is 0 Å². The van der Waals surface area contributed by atoms with Crippen LogP contribution in [0.4, 0.5) is 10.1 Å². The van der Waals surface area contributed by atoms with Crippen molar-refractivity contribution in [1.82, 2.24) is 4.57 Å². The number of aromatic nitrogens is 1. The number of nitro benzene ring substituents is 1. The van der Waals surface area contributed by atoms with Crippen LogP contribution in [0.2, 0.25) is 0 Å². The van der Waals surface area contributed by atoms with E-state index < -0.39 is 16.6 Å². The van der Waals surface area contributed by atoms with E-state index in [2.05, 4.69) is 4.99 Å². The minimum atomic E-state index is -0.725. The summed E-state index contributed by atoms with van der Waals surface area (Å²) >= 11 is 1.17. The Balaban J connectivity index is 2.19. The molecule has 0 fully saturated rings. The Morgan fingerprint density at radius 2 is 2.04 bits per heavy atom. The zero-order valence-electron chi connectivity index (χ0n) is 12.6. The molecule has 0 aliphatic heterocycles. The normalized spacial score (nSPS) is 11.8. The van der Waals surface area contributed by atoms with Crippen LogP contribution in [0.3, 0.4) is 0 Å². The molecule has 3 rings (SSSR count). The standard InChI is InChI=1S/C16H12FN3O3S/c1-2-19-14-11(17)7-5-9-13(14)24-16(19)18-15(21)10-6-3-4-8-12(10)20(22)23/h3-9H,2H2,1H3. The molecule has 1 aromatic heterocycles. The molecule has 0 aliphatic carbocycles. The Morgan fingerprint density at radius 1 is 1.29 bits per heavy atom. The van der Waals surface area contributed by atoms with Crippen LogP contribution in [0.1, 0.15) is 17.3 Å². The average Bonchev–Trinajstić information content (AvgIpc) is 2.93. The second-order valence-electron chi connectivity index (χ2n) is 4.91. The van der Waals surface area contributed by atoms with Crippen molar-refractivity contribution < 1.29 is 14.1 Å². The third-order valence-corrected chi connectivity index (χ3v) is 4.54. The molecule has 0 saturated carbocycles. The van der Waals surface area contributed by atoms with Crippen molar-refractivity contribution >= 4 is 33.1 Å². The van der Waals surface area contributed by atoms with Crippen LogP contribution in [0.5, 0.6) is 0 Å². The first kappa shape index (κ1) is 16.0. The van der Waals surface area contributed by atoms with Crippen LogP contribution in [0.15, 0.2) is 47.5 Å². The molecule has 122 valence electrons. The van der Waals surface area contributed by atoms with Crippen LogP contribution in [-0.4, -0.2) is 15.4 Å². The number of halogens is 1. The Labute approximate surface area is 139 Å². The second-order valence-corrected chi connectivity index (χ2v) is 5.92. The van der Waals surface area contributed by atoms with Gasteiger partial charge < -0.3 is 4.57 Å². The Kier molecular flexibility index (Phi) is 4.22. The number of aryl methyl sites for hydroxylation is 1. The van der Waals surface area contributed by atoms with Crippen LogP contribution < -0.4 is 4.80 Å². The topological polar surface area (TPSA) is 77.5 Å². The molecular weight excluding hydrogens is 333 g/mol. The number of thiazole rings is 1. The summed E-state index contributed by atoms with van der Waals surface area (Å²) in [4.78, 5) is 27.1. The van der Waals surface area contributed by atoms with Crippen LogP contribution in [0.25, 0.3) is 10.2 Å². The van der Waals surface area contributed by atoms with Crippen molar-refractivity contribution in [3.63, 3.8) is 0 Å². The van der Waals surface area contributed by atoms with Crippen molar-refractivity contribution in [1.29, 1.82) is 0 Å². The number of para-hydroxylation sites is 2. The summed E-state index contributed by atoms with van der Waals surface area (Å²) in [5.74, 6) is -1.12. The van der Waals surface area contributed by atoms with Gasteiger partial charge in [0, 0.05) is 12.6 Å². The fraction of sp³-hybridized carbons (Fsp3) is 0.125. The zero-order chi connectivity index (χ0) is 17.3. The molecular formula is C16H12FN3O3S. The summed E-state index contributed by atoms with van der Waals surface area (Å²) in [6.07, 6.45) is 0. The van der Waals surface area contributed by atoms with Gasteiger partial charge in [-0.3, -0.25) is 14.9 Å². The lowest BCUT2D eigenvalue weighted by molar-refractivity contribution is -0.385. The molecule has 24 heavy (non-hydrogen) atoms. The molecule has 0 spiro atoms. The maximum atomic E-state index is 14.0. The number of nitrogens with zero attached hydrogens (tertiary/aromatic N) is 3. The Hall–Kier alpha value is -2.87. The fourth-order valence-corrected chi connectivity index (χ4v) is 3.53. The fourth-order valence-electron chi connectivity index (χ4n) is 2.43. The van der Waals surface area contributed by atoms with Crippen LogP contribution in [-0.2, 0) is 6.54 Å². The first-order chi connectivity index (χ1) is 11.5. The van der Waals surface area contributed by atoms with Crippen molar-refractivity contribution in [2.45, 2.75) is 13.5 Å². The van der Waals surface area contributed by atoms with Crippen molar-refractivity contribution in [3.8, 4) is 0 Å². The molecule has 0 N–H and O–H groups in total. The summed E-state index contributed by atoms with van der Waals surface area (Å²) in [5, 5.41) is 11.0. The molecule has 3 aromatic rings. The number of fused-ring (bicyclic) bond motifs is 1. The number of hydrogen-bond donors (Lipinski definition) is 0. The van der Waals surface area contributed by atoms with Gasteiger partial charge in [0.15, 0.2) is 4.80 Å². The zero-order valence-corrected chi connectivity index (χ0v) is 13.4. The molecule has 0 aliphatic rings. The van der Waals surface area contributed by atoms with E-state index in [9.17, 15) is 19.3 Å². The molecule has 0 unspecified atom stereocenters. The number of carbonyl (C=O) groups excluding carboxylic acids is 1. The number of nitro groups is 1. The number of hydrogen-bond acceptors (Lipinski definition) is 4. The van der Waals surface area contributed by atoms with Crippen molar-refractivity contribution in [2.75, 3.05) is 0 Å². The van der Waals surface area contributed by atoms with Crippen molar-refractivity contribution in [3.05, 3.63) is 68.8 Å².